The summed E-state index contributed by atoms with van der Waals surface area (Å²) in [6.45, 7) is 0. The summed E-state index contributed by atoms with van der Waals surface area (Å²) in [7, 11) is 0. The van der Waals surface area contributed by atoms with Gasteiger partial charge in [-0.1, -0.05) is 32.1 Å². The lowest BCUT2D eigenvalue weighted by Gasteiger charge is -2.44. The molecular weight excluding hydrogens is 250 g/mol. The quantitative estimate of drug-likeness (QED) is 0.854. The van der Waals surface area contributed by atoms with Gasteiger partial charge in [-0.3, -0.25) is 9.69 Å². The van der Waals surface area contributed by atoms with Crippen LogP contribution in [0.1, 0.15) is 77.0 Å². The molecule has 2 saturated heterocycles. The van der Waals surface area contributed by atoms with Crippen molar-refractivity contribution >= 4 is 5.97 Å². The Kier molecular flexibility index (Phi) is 4.65. The highest BCUT2D eigenvalue weighted by atomic mass is 16.4. The molecule has 1 N–H and O–H groups in total. The number of aliphatic carboxylic acids is 1. The van der Waals surface area contributed by atoms with Crippen LogP contribution in [0.3, 0.4) is 0 Å². The Bertz CT molecular complexity index is 322. The lowest BCUT2D eigenvalue weighted by molar-refractivity contribution is -0.138. The van der Waals surface area contributed by atoms with E-state index < -0.39 is 5.97 Å². The normalized spacial score (nSPS) is 36.5. The second-order valence-corrected chi connectivity index (χ2v) is 7.27. The molecule has 0 radical (unpaired) electrons. The minimum atomic E-state index is -0.603. The monoisotopic (exact) mass is 279 g/mol. The molecule has 114 valence electrons. The first kappa shape index (κ1) is 14.4. The number of fused-ring (bicyclic) bond motifs is 2. The molecular formula is C17H29NO2. The molecule has 2 atom stereocenters. The zero-order valence-corrected chi connectivity index (χ0v) is 12.6. The maximum Gasteiger partial charge on any atom is 0.303 e. The van der Waals surface area contributed by atoms with Crippen LogP contribution in [0.2, 0.25) is 0 Å². The van der Waals surface area contributed by atoms with Gasteiger partial charge in [-0.15, -0.1) is 0 Å². The molecule has 2 heterocycles. The van der Waals surface area contributed by atoms with Crippen LogP contribution in [0.25, 0.3) is 0 Å². The smallest absolute Gasteiger partial charge is 0.303 e. The van der Waals surface area contributed by atoms with Gasteiger partial charge in [0.25, 0.3) is 0 Å². The van der Waals surface area contributed by atoms with Crippen LogP contribution in [0.5, 0.6) is 0 Å². The van der Waals surface area contributed by atoms with Gasteiger partial charge in [0.15, 0.2) is 0 Å². The van der Waals surface area contributed by atoms with Gasteiger partial charge in [-0.05, 0) is 44.4 Å². The van der Waals surface area contributed by atoms with Gasteiger partial charge in [0, 0.05) is 24.5 Å². The summed E-state index contributed by atoms with van der Waals surface area (Å²) < 4.78 is 0. The Labute approximate surface area is 122 Å². The highest BCUT2D eigenvalue weighted by Gasteiger charge is 2.43. The third kappa shape index (κ3) is 3.19. The molecule has 2 unspecified atom stereocenters. The van der Waals surface area contributed by atoms with E-state index in [-0.39, 0.29) is 0 Å². The average Bonchev–Trinajstić information content (AvgIpc) is 2.62. The first-order valence-electron chi connectivity index (χ1n) is 8.73. The van der Waals surface area contributed by atoms with Gasteiger partial charge < -0.3 is 5.11 Å². The van der Waals surface area contributed by atoms with Crippen molar-refractivity contribution in [3.05, 3.63) is 0 Å². The van der Waals surface area contributed by atoms with Crippen LogP contribution in [0.4, 0.5) is 0 Å². The zero-order chi connectivity index (χ0) is 13.9. The molecule has 20 heavy (non-hydrogen) atoms. The Hall–Kier alpha value is -0.570. The second-order valence-electron chi connectivity index (χ2n) is 7.27. The van der Waals surface area contributed by atoms with E-state index in [1.807, 2.05) is 0 Å². The number of hydrogen-bond donors (Lipinski definition) is 1. The molecule has 2 bridgehead atoms. The Morgan fingerprint density at radius 1 is 0.850 bits per heavy atom. The van der Waals surface area contributed by atoms with Crippen LogP contribution in [0, 0.1) is 5.92 Å². The first-order chi connectivity index (χ1) is 9.74. The van der Waals surface area contributed by atoms with E-state index in [4.69, 9.17) is 5.11 Å². The fraction of sp³-hybridized carbons (Fsp3) is 0.941. The number of piperidine rings is 1. The molecule has 3 nitrogen and oxygen atoms in total. The predicted octanol–water partition coefficient (Wildman–Crippen LogP) is 3.82. The molecule has 1 saturated carbocycles. The molecule has 3 aliphatic rings. The SMILES string of the molecule is O=C(O)CC1CC2CCC(C1)N2C1CCCCCCC1. The Morgan fingerprint density at radius 3 is 1.95 bits per heavy atom. The van der Waals surface area contributed by atoms with Gasteiger partial charge in [-0.25, -0.2) is 0 Å². The number of carboxylic acids is 1. The molecule has 0 aromatic carbocycles. The van der Waals surface area contributed by atoms with E-state index in [2.05, 4.69) is 4.90 Å². The number of hydrogen-bond acceptors (Lipinski definition) is 2. The highest BCUT2D eigenvalue weighted by Crippen LogP contribution is 2.43. The van der Waals surface area contributed by atoms with E-state index >= 15 is 0 Å². The summed E-state index contributed by atoms with van der Waals surface area (Å²) >= 11 is 0. The number of rotatable bonds is 3. The average molecular weight is 279 g/mol. The summed E-state index contributed by atoms with van der Waals surface area (Å²) in [6, 6.07) is 2.20. The number of nitrogens with zero attached hydrogens (tertiary/aromatic N) is 1. The van der Waals surface area contributed by atoms with Crippen molar-refractivity contribution in [1.29, 1.82) is 0 Å². The maximum absolute atomic E-state index is 11.0. The fourth-order valence-electron chi connectivity index (χ4n) is 5.07. The lowest BCUT2D eigenvalue weighted by Crippen LogP contribution is -2.49. The minimum absolute atomic E-state index is 0.394. The minimum Gasteiger partial charge on any atom is -0.481 e. The fourth-order valence-corrected chi connectivity index (χ4v) is 5.07. The molecule has 3 heteroatoms. The molecule has 3 fully saturated rings. The van der Waals surface area contributed by atoms with Crippen LogP contribution in [0.15, 0.2) is 0 Å². The third-order valence-electron chi connectivity index (χ3n) is 5.85. The molecule has 3 rings (SSSR count). The van der Waals surface area contributed by atoms with Crippen molar-refractivity contribution in [2.75, 3.05) is 0 Å². The largest absolute Gasteiger partial charge is 0.481 e. The highest BCUT2D eigenvalue weighted by molar-refractivity contribution is 5.67. The summed E-state index contributed by atoms with van der Waals surface area (Å²) in [5.74, 6) is -0.163. The Balaban J connectivity index is 1.62. The van der Waals surface area contributed by atoms with Crippen LogP contribution >= 0.6 is 0 Å². The molecule has 0 spiro atoms. The van der Waals surface area contributed by atoms with Gasteiger partial charge in [0.2, 0.25) is 0 Å². The van der Waals surface area contributed by atoms with Crippen LogP contribution in [-0.4, -0.2) is 34.1 Å². The van der Waals surface area contributed by atoms with E-state index in [0.717, 1.165) is 18.9 Å². The van der Waals surface area contributed by atoms with Crippen molar-refractivity contribution in [3.8, 4) is 0 Å². The third-order valence-corrected chi connectivity index (χ3v) is 5.85. The van der Waals surface area contributed by atoms with Crippen LogP contribution in [-0.2, 0) is 4.79 Å². The first-order valence-corrected chi connectivity index (χ1v) is 8.73. The van der Waals surface area contributed by atoms with Crippen LogP contribution < -0.4 is 0 Å². The summed E-state index contributed by atoms with van der Waals surface area (Å²) in [4.78, 5) is 13.8. The van der Waals surface area contributed by atoms with Gasteiger partial charge in [0.05, 0.1) is 0 Å². The van der Waals surface area contributed by atoms with Crippen molar-refractivity contribution in [2.24, 2.45) is 5.92 Å². The van der Waals surface area contributed by atoms with E-state index in [9.17, 15) is 4.79 Å². The van der Waals surface area contributed by atoms with Crippen molar-refractivity contribution in [2.45, 2.75) is 95.2 Å². The molecule has 0 amide bonds. The molecule has 1 aliphatic carbocycles. The lowest BCUT2D eigenvalue weighted by atomic mass is 9.85. The molecule has 0 aromatic heterocycles. The topological polar surface area (TPSA) is 40.5 Å². The van der Waals surface area contributed by atoms with Gasteiger partial charge >= 0.3 is 5.97 Å². The summed E-state index contributed by atoms with van der Waals surface area (Å²) in [5, 5.41) is 9.03. The summed E-state index contributed by atoms with van der Waals surface area (Å²) in [5.41, 5.74) is 0. The second kappa shape index (κ2) is 6.46. The standard InChI is InChI=1S/C17H29NO2/c19-17(20)12-13-10-15-8-9-16(11-13)18(15)14-6-4-2-1-3-5-7-14/h13-16H,1-12H2,(H,19,20). The van der Waals surface area contributed by atoms with E-state index in [1.165, 1.54) is 57.8 Å². The Morgan fingerprint density at radius 2 is 1.40 bits per heavy atom. The molecule has 2 aliphatic heterocycles. The number of carboxylic acid groups (broad SMARTS) is 1. The number of carbonyl (C=O) groups is 1. The summed E-state index contributed by atoms with van der Waals surface area (Å²) in [6.07, 6.45) is 15.1. The maximum atomic E-state index is 11.0. The zero-order valence-electron chi connectivity index (χ0n) is 12.6. The van der Waals surface area contributed by atoms with Gasteiger partial charge in [-0.2, -0.15) is 0 Å². The van der Waals surface area contributed by atoms with Crippen molar-refractivity contribution in [3.63, 3.8) is 0 Å². The molecule has 0 aromatic rings. The predicted molar refractivity (Wildman–Crippen MR) is 79.7 cm³/mol. The van der Waals surface area contributed by atoms with Crippen molar-refractivity contribution in [1.82, 2.24) is 4.90 Å². The van der Waals surface area contributed by atoms with Gasteiger partial charge in [0.1, 0.15) is 0 Å². The van der Waals surface area contributed by atoms with E-state index in [1.54, 1.807) is 0 Å². The van der Waals surface area contributed by atoms with Crippen molar-refractivity contribution < 1.29 is 9.90 Å². The van der Waals surface area contributed by atoms with E-state index in [0.29, 0.717) is 24.4 Å².